The van der Waals surface area contributed by atoms with Gasteiger partial charge in [0.15, 0.2) is 0 Å². The van der Waals surface area contributed by atoms with Crippen LogP contribution in [0.1, 0.15) is 20.3 Å². The molecule has 2 aromatic rings. The Labute approximate surface area is 199 Å². The van der Waals surface area contributed by atoms with Crippen LogP contribution in [-0.4, -0.2) is 65.0 Å². The second-order valence-electron chi connectivity index (χ2n) is 7.46. The van der Waals surface area contributed by atoms with Gasteiger partial charge in [-0.05, 0) is 30.3 Å². The Hall–Kier alpha value is -3.31. The van der Waals surface area contributed by atoms with Gasteiger partial charge in [-0.15, -0.1) is 0 Å². The van der Waals surface area contributed by atoms with Crippen LogP contribution in [0, 0.1) is 0 Å². The molecule has 1 saturated heterocycles. The number of nitrogens with zero attached hydrogens (tertiary/aromatic N) is 2. The normalized spacial score (nSPS) is 16.2. The van der Waals surface area contributed by atoms with E-state index in [-0.39, 0.29) is 11.3 Å². The van der Waals surface area contributed by atoms with Crippen molar-refractivity contribution in [3.8, 4) is 17.2 Å². The number of sulfonamides is 1. The van der Waals surface area contributed by atoms with Crippen LogP contribution in [-0.2, 0) is 19.6 Å². The van der Waals surface area contributed by atoms with Crippen molar-refractivity contribution in [2.45, 2.75) is 31.2 Å². The van der Waals surface area contributed by atoms with Crippen LogP contribution in [0.5, 0.6) is 17.2 Å². The molecule has 10 nitrogen and oxygen atoms in total. The maximum atomic E-state index is 13.2. The molecule has 11 heteroatoms. The molecule has 2 aromatic carbocycles. The minimum absolute atomic E-state index is 0.0601. The first-order valence-corrected chi connectivity index (χ1v) is 12.2. The van der Waals surface area contributed by atoms with E-state index in [1.165, 1.54) is 43.8 Å². The van der Waals surface area contributed by atoms with E-state index >= 15 is 0 Å². The second kappa shape index (κ2) is 10.3. The van der Waals surface area contributed by atoms with Crippen molar-refractivity contribution >= 4 is 33.2 Å². The molecule has 0 aliphatic carbocycles. The van der Waals surface area contributed by atoms with Gasteiger partial charge in [-0.25, -0.2) is 13.3 Å². The zero-order valence-electron chi connectivity index (χ0n) is 19.8. The molecule has 1 N–H and O–H groups in total. The van der Waals surface area contributed by atoms with Crippen LogP contribution in [0.3, 0.4) is 0 Å². The highest BCUT2D eigenvalue weighted by Crippen LogP contribution is 2.37. The zero-order valence-corrected chi connectivity index (χ0v) is 20.6. The Morgan fingerprint density at radius 1 is 0.971 bits per heavy atom. The highest BCUT2D eigenvalue weighted by molar-refractivity contribution is 7.89. The minimum atomic E-state index is -3.73. The van der Waals surface area contributed by atoms with Gasteiger partial charge >= 0.3 is 0 Å². The first-order chi connectivity index (χ1) is 16.2. The lowest BCUT2D eigenvalue weighted by Crippen LogP contribution is -2.35. The summed E-state index contributed by atoms with van der Waals surface area (Å²) in [6.45, 7) is 4.16. The lowest BCUT2D eigenvalue weighted by Gasteiger charge is -2.21. The molecule has 1 atom stereocenters. The molecule has 1 aliphatic rings. The van der Waals surface area contributed by atoms with Crippen molar-refractivity contribution in [1.29, 1.82) is 0 Å². The second-order valence-corrected chi connectivity index (χ2v) is 9.40. The number of nitrogens with one attached hydrogen (secondary N) is 1. The van der Waals surface area contributed by atoms with Gasteiger partial charge in [0.05, 0.1) is 44.0 Å². The van der Waals surface area contributed by atoms with Gasteiger partial charge in [0, 0.05) is 19.2 Å². The fourth-order valence-corrected chi connectivity index (χ4v) is 5.31. The Kier molecular flexibility index (Phi) is 7.68. The van der Waals surface area contributed by atoms with Gasteiger partial charge in [0.25, 0.3) is 5.91 Å². The summed E-state index contributed by atoms with van der Waals surface area (Å²) in [6.07, 6.45) is -0.121. The molecular formula is C23H29N3O7S. The van der Waals surface area contributed by atoms with E-state index in [4.69, 9.17) is 14.2 Å². The van der Waals surface area contributed by atoms with Gasteiger partial charge in [-0.2, -0.15) is 4.31 Å². The lowest BCUT2D eigenvalue weighted by molar-refractivity contribution is -0.121. The molecule has 0 unspecified atom stereocenters. The van der Waals surface area contributed by atoms with E-state index in [1.54, 1.807) is 32.0 Å². The number of ether oxygens (including phenoxy) is 3. The van der Waals surface area contributed by atoms with Crippen molar-refractivity contribution in [1.82, 2.24) is 4.31 Å². The number of imide groups is 1. The molecule has 1 fully saturated rings. The van der Waals surface area contributed by atoms with Crippen molar-refractivity contribution in [2.24, 2.45) is 0 Å². The van der Waals surface area contributed by atoms with E-state index in [1.807, 2.05) is 0 Å². The van der Waals surface area contributed by atoms with Gasteiger partial charge in [0.2, 0.25) is 15.9 Å². The molecule has 184 valence electrons. The number of carbonyl (C=O) groups is 2. The first kappa shape index (κ1) is 25.3. The van der Waals surface area contributed by atoms with Gasteiger partial charge in [-0.1, -0.05) is 13.8 Å². The van der Waals surface area contributed by atoms with E-state index in [0.29, 0.717) is 41.7 Å². The summed E-state index contributed by atoms with van der Waals surface area (Å²) in [6, 6.07) is 8.26. The van der Waals surface area contributed by atoms with Crippen LogP contribution in [0.15, 0.2) is 41.3 Å². The number of rotatable bonds is 10. The fraction of sp³-hybridized carbons (Fsp3) is 0.391. The number of amides is 2. The van der Waals surface area contributed by atoms with Crippen molar-refractivity contribution in [3.63, 3.8) is 0 Å². The summed E-state index contributed by atoms with van der Waals surface area (Å²) in [5.41, 5.74) is 0.595. The molecule has 0 aromatic heterocycles. The van der Waals surface area contributed by atoms with Crippen LogP contribution < -0.4 is 24.4 Å². The molecule has 0 radical (unpaired) electrons. The molecular weight excluding hydrogens is 462 g/mol. The third kappa shape index (κ3) is 4.66. The number of hydrogen-bond acceptors (Lipinski definition) is 8. The number of hydrogen-bond donors (Lipinski definition) is 1. The van der Waals surface area contributed by atoms with Gasteiger partial charge in [-0.3, -0.25) is 9.59 Å². The smallest absolute Gasteiger partial charge is 0.256 e. The van der Waals surface area contributed by atoms with E-state index < -0.39 is 27.9 Å². The SMILES string of the molecule is CCN(CC)S(=O)(=O)c1ccc(OC)c(N[C@@H]2CC(=O)N(c3ccc(OC)cc3OC)C2=O)c1. The summed E-state index contributed by atoms with van der Waals surface area (Å²) in [5.74, 6) is 0.264. The van der Waals surface area contributed by atoms with Crippen molar-refractivity contribution < 1.29 is 32.2 Å². The minimum Gasteiger partial charge on any atom is -0.497 e. The number of anilines is 2. The van der Waals surface area contributed by atoms with Crippen LogP contribution >= 0.6 is 0 Å². The largest absolute Gasteiger partial charge is 0.497 e. The maximum absolute atomic E-state index is 13.2. The highest BCUT2D eigenvalue weighted by atomic mass is 32.2. The van der Waals surface area contributed by atoms with E-state index in [9.17, 15) is 18.0 Å². The third-order valence-electron chi connectivity index (χ3n) is 5.62. The summed E-state index contributed by atoms with van der Waals surface area (Å²) < 4.78 is 43.1. The van der Waals surface area contributed by atoms with E-state index in [0.717, 1.165) is 4.90 Å². The Balaban J connectivity index is 1.93. The summed E-state index contributed by atoms with van der Waals surface area (Å²) in [4.78, 5) is 27.1. The molecule has 0 saturated carbocycles. The van der Waals surface area contributed by atoms with Crippen LogP contribution in [0.25, 0.3) is 0 Å². The monoisotopic (exact) mass is 491 g/mol. The highest BCUT2D eigenvalue weighted by Gasteiger charge is 2.41. The standard InChI is InChI=1S/C23H29N3O7S/c1-6-25(7-2)34(29,30)16-9-11-20(32-4)17(13-16)24-18-14-22(27)26(23(18)28)19-10-8-15(31-3)12-21(19)33-5/h8-13,18,24H,6-7,14H2,1-5H3/t18-/m1/s1. The molecule has 1 aliphatic heterocycles. The van der Waals surface area contributed by atoms with Gasteiger partial charge < -0.3 is 19.5 Å². The molecule has 0 spiro atoms. The fourth-order valence-electron chi connectivity index (χ4n) is 3.83. The maximum Gasteiger partial charge on any atom is 0.256 e. The van der Waals surface area contributed by atoms with Crippen LogP contribution in [0.4, 0.5) is 11.4 Å². The van der Waals surface area contributed by atoms with Crippen molar-refractivity contribution in [2.75, 3.05) is 44.6 Å². The quantitative estimate of drug-likeness (QED) is 0.504. The lowest BCUT2D eigenvalue weighted by atomic mass is 10.2. The van der Waals surface area contributed by atoms with E-state index in [2.05, 4.69) is 5.32 Å². The topological polar surface area (TPSA) is 114 Å². The number of carbonyl (C=O) groups excluding carboxylic acids is 2. The summed E-state index contributed by atoms with van der Waals surface area (Å²) >= 11 is 0. The third-order valence-corrected chi connectivity index (χ3v) is 7.66. The average Bonchev–Trinajstić information content (AvgIpc) is 3.11. The first-order valence-electron chi connectivity index (χ1n) is 10.7. The molecule has 3 rings (SSSR count). The zero-order chi connectivity index (χ0) is 25.0. The molecule has 1 heterocycles. The Morgan fingerprint density at radius 2 is 1.65 bits per heavy atom. The Bertz CT molecular complexity index is 1180. The molecule has 0 bridgehead atoms. The van der Waals surface area contributed by atoms with Gasteiger partial charge in [0.1, 0.15) is 23.3 Å². The summed E-state index contributed by atoms with van der Waals surface area (Å²) in [7, 11) is 0.650. The molecule has 34 heavy (non-hydrogen) atoms. The van der Waals surface area contributed by atoms with Crippen molar-refractivity contribution in [3.05, 3.63) is 36.4 Å². The number of benzene rings is 2. The Morgan fingerprint density at radius 3 is 2.24 bits per heavy atom. The average molecular weight is 492 g/mol. The number of methoxy groups -OCH3 is 3. The summed E-state index contributed by atoms with van der Waals surface area (Å²) in [5, 5.41) is 3.00. The predicted molar refractivity (Wildman–Crippen MR) is 127 cm³/mol. The molecule has 2 amide bonds. The predicted octanol–water partition coefficient (Wildman–Crippen LogP) is 2.49. The van der Waals surface area contributed by atoms with Crippen LogP contribution in [0.2, 0.25) is 0 Å².